The van der Waals surface area contributed by atoms with Crippen molar-refractivity contribution in [2.45, 2.75) is 57.2 Å². The van der Waals surface area contributed by atoms with Gasteiger partial charge in [-0.05, 0) is 50.3 Å². The van der Waals surface area contributed by atoms with Gasteiger partial charge in [-0.2, -0.15) is 0 Å². The van der Waals surface area contributed by atoms with Gasteiger partial charge < -0.3 is 15.2 Å². The number of amides is 2. The number of carbonyl (C=O) groups is 2. The van der Waals surface area contributed by atoms with Crippen LogP contribution in [0.3, 0.4) is 0 Å². The topological polar surface area (TPSA) is 68.4 Å². The highest BCUT2D eigenvalue weighted by molar-refractivity contribution is 5.99. The van der Waals surface area contributed by atoms with E-state index < -0.39 is 0 Å². The first-order valence-corrected chi connectivity index (χ1v) is 11.0. The summed E-state index contributed by atoms with van der Waals surface area (Å²) in [5, 5.41) is 3.63. The van der Waals surface area contributed by atoms with E-state index >= 15 is 0 Å². The lowest BCUT2D eigenvalue weighted by Gasteiger charge is -2.36. The summed E-state index contributed by atoms with van der Waals surface area (Å²) in [7, 11) is 1.92. The molecule has 4 atom stereocenters. The molecular formula is C23H29FN4O2. The van der Waals surface area contributed by atoms with Crippen LogP contribution in [0.25, 0.3) is 10.9 Å². The maximum atomic E-state index is 14.1. The van der Waals surface area contributed by atoms with Crippen LogP contribution in [-0.4, -0.2) is 64.9 Å². The van der Waals surface area contributed by atoms with Crippen LogP contribution < -0.4 is 5.32 Å². The molecule has 2 amide bonds. The van der Waals surface area contributed by atoms with E-state index in [2.05, 4.69) is 15.2 Å². The van der Waals surface area contributed by atoms with E-state index in [1.54, 1.807) is 12.1 Å². The van der Waals surface area contributed by atoms with Gasteiger partial charge in [-0.1, -0.05) is 6.07 Å². The minimum Gasteiger partial charge on any atom is -0.350 e. The number of aromatic nitrogens is 1. The molecule has 1 aromatic heterocycles. The van der Waals surface area contributed by atoms with Crippen LogP contribution >= 0.6 is 0 Å². The molecule has 7 heteroatoms. The summed E-state index contributed by atoms with van der Waals surface area (Å²) >= 11 is 0. The van der Waals surface area contributed by atoms with E-state index in [1.165, 1.54) is 6.07 Å². The summed E-state index contributed by atoms with van der Waals surface area (Å²) in [6.07, 6.45) is 4.78. The fraction of sp³-hybridized carbons (Fsp3) is 0.565. The van der Waals surface area contributed by atoms with Crippen molar-refractivity contribution in [2.24, 2.45) is 5.92 Å². The molecule has 2 saturated heterocycles. The molecule has 0 bridgehead atoms. The number of likely N-dealkylation sites (N-methyl/N-ethyl adjacent to an activating group) is 1. The number of nitrogens with one attached hydrogen (secondary N) is 2. The Balaban J connectivity index is 1.24. The van der Waals surface area contributed by atoms with Crippen molar-refractivity contribution in [2.75, 3.05) is 20.1 Å². The van der Waals surface area contributed by atoms with Crippen molar-refractivity contribution in [1.29, 1.82) is 0 Å². The standard InChI is InChI=1S/C23H29FN4O2/c1-13-6-7-18(24)17-10-19(26-22(13)17)23(30)25-15-4-3-5-16(9-15)28-11-14-8-21(29)27(2)20(14)12-28/h6-7,10,14-16,20,26H,3-5,8-9,11-12H2,1-2H3,(H,25,30). The summed E-state index contributed by atoms with van der Waals surface area (Å²) in [5.74, 6) is 0.233. The average molecular weight is 413 g/mol. The molecule has 6 nitrogen and oxygen atoms in total. The van der Waals surface area contributed by atoms with Crippen LogP contribution in [0.2, 0.25) is 0 Å². The molecule has 1 aromatic carbocycles. The number of H-pyrrole nitrogens is 1. The van der Waals surface area contributed by atoms with Crippen LogP contribution in [-0.2, 0) is 4.79 Å². The Labute approximate surface area is 175 Å². The Morgan fingerprint density at radius 2 is 2.10 bits per heavy atom. The second-order valence-electron chi connectivity index (χ2n) is 9.32. The second-order valence-corrected chi connectivity index (χ2v) is 9.32. The third-order valence-corrected chi connectivity index (χ3v) is 7.45. The maximum Gasteiger partial charge on any atom is 0.267 e. The van der Waals surface area contributed by atoms with Gasteiger partial charge >= 0.3 is 0 Å². The quantitative estimate of drug-likeness (QED) is 0.815. The molecule has 160 valence electrons. The first kappa shape index (κ1) is 19.5. The van der Waals surface area contributed by atoms with E-state index in [-0.39, 0.29) is 23.7 Å². The molecule has 1 aliphatic carbocycles. The largest absolute Gasteiger partial charge is 0.350 e. The first-order chi connectivity index (χ1) is 14.4. The van der Waals surface area contributed by atoms with Crippen LogP contribution in [0.4, 0.5) is 4.39 Å². The number of halogens is 1. The normalized spacial score (nSPS) is 29.6. The number of hydrogen-bond acceptors (Lipinski definition) is 3. The summed E-state index contributed by atoms with van der Waals surface area (Å²) in [4.78, 5) is 32.3. The zero-order valence-electron chi connectivity index (χ0n) is 17.6. The number of hydrogen-bond donors (Lipinski definition) is 2. The lowest BCUT2D eigenvalue weighted by Crippen LogP contribution is -2.46. The van der Waals surface area contributed by atoms with Gasteiger partial charge in [0, 0.05) is 56.0 Å². The van der Waals surface area contributed by atoms with Crippen LogP contribution in [0.1, 0.15) is 48.2 Å². The molecule has 3 aliphatic rings. The zero-order chi connectivity index (χ0) is 21.0. The number of likely N-dealkylation sites (tertiary alicyclic amines) is 2. The van der Waals surface area contributed by atoms with E-state index in [0.29, 0.717) is 41.0 Å². The zero-order valence-corrected chi connectivity index (χ0v) is 17.6. The van der Waals surface area contributed by atoms with Crippen LogP contribution in [0, 0.1) is 18.7 Å². The number of benzene rings is 1. The fourth-order valence-corrected chi connectivity index (χ4v) is 5.71. The summed E-state index contributed by atoms with van der Waals surface area (Å²) in [5.41, 5.74) is 2.02. The Hall–Kier alpha value is -2.41. The highest BCUT2D eigenvalue weighted by atomic mass is 19.1. The van der Waals surface area contributed by atoms with E-state index in [1.807, 2.05) is 18.9 Å². The molecule has 4 unspecified atom stereocenters. The van der Waals surface area contributed by atoms with Crippen molar-refractivity contribution >= 4 is 22.7 Å². The number of carbonyl (C=O) groups excluding carboxylic acids is 2. The molecule has 2 aromatic rings. The summed E-state index contributed by atoms with van der Waals surface area (Å²) in [6.45, 7) is 3.83. The first-order valence-electron chi connectivity index (χ1n) is 11.0. The smallest absolute Gasteiger partial charge is 0.267 e. The highest BCUT2D eigenvalue weighted by Crippen LogP contribution is 2.35. The molecule has 0 radical (unpaired) electrons. The van der Waals surface area contributed by atoms with E-state index in [0.717, 1.165) is 44.3 Å². The number of fused-ring (bicyclic) bond motifs is 2. The van der Waals surface area contributed by atoms with Gasteiger partial charge in [0.05, 0.1) is 5.52 Å². The number of nitrogens with zero attached hydrogens (tertiary/aromatic N) is 2. The molecule has 3 fully saturated rings. The molecule has 2 aliphatic heterocycles. The molecule has 0 spiro atoms. The molecule has 5 rings (SSSR count). The maximum absolute atomic E-state index is 14.1. The summed E-state index contributed by atoms with van der Waals surface area (Å²) < 4.78 is 14.1. The molecule has 30 heavy (non-hydrogen) atoms. The fourth-order valence-electron chi connectivity index (χ4n) is 5.71. The minimum atomic E-state index is -0.313. The van der Waals surface area contributed by atoms with Crippen molar-refractivity contribution < 1.29 is 14.0 Å². The SMILES string of the molecule is Cc1ccc(F)c2cc(C(=O)NC3CCCC(N4CC5CC(=O)N(C)C5C4)C3)[nH]c12. The Morgan fingerprint density at radius 3 is 2.87 bits per heavy atom. The molecule has 2 N–H and O–H groups in total. The predicted molar refractivity (Wildman–Crippen MR) is 113 cm³/mol. The average Bonchev–Trinajstić information content (AvgIpc) is 3.41. The van der Waals surface area contributed by atoms with Crippen molar-refractivity contribution in [3.05, 3.63) is 35.3 Å². The van der Waals surface area contributed by atoms with Gasteiger partial charge in [0.1, 0.15) is 11.5 Å². The predicted octanol–water partition coefficient (Wildman–Crippen LogP) is 2.82. The van der Waals surface area contributed by atoms with Crippen molar-refractivity contribution in [1.82, 2.24) is 20.1 Å². The third kappa shape index (κ3) is 3.29. The van der Waals surface area contributed by atoms with Gasteiger partial charge in [0.25, 0.3) is 5.91 Å². The van der Waals surface area contributed by atoms with Crippen molar-refractivity contribution in [3.8, 4) is 0 Å². The third-order valence-electron chi connectivity index (χ3n) is 7.45. The van der Waals surface area contributed by atoms with Gasteiger partial charge in [-0.15, -0.1) is 0 Å². The number of aromatic amines is 1. The molecular weight excluding hydrogens is 383 g/mol. The Kier molecular flexibility index (Phi) is 4.81. The highest BCUT2D eigenvalue weighted by Gasteiger charge is 2.45. The van der Waals surface area contributed by atoms with Gasteiger partial charge in [0.2, 0.25) is 5.91 Å². The minimum absolute atomic E-state index is 0.119. The summed E-state index contributed by atoms with van der Waals surface area (Å²) in [6, 6.07) is 5.68. The molecule has 1 saturated carbocycles. The monoisotopic (exact) mass is 412 g/mol. The van der Waals surface area contributed by atoms with Gasteiger partial charge in [-0.25, -0.2) is 4.39 Å². The number of aryl methyl sites for hydroxylation is 1. The van der Waals surface area contributed by atoms with Crippen LogP contribution in [0.5, 0.6) is 0 Å². The number of rotatable bonds is 3. The van der Waals surface area contributed by atoms with Crippen LogP contribution in [0.15, 0.2) is 18.2 Å². The Bertz CT molecular complexity index is 963. The van der Waals surface area contributed by atoms with Gasteiger partial charge in [-0.3, -0.25) is 14.5 Å². The lowest BCUT2D eigenvalue weighted by molar-refractivity contribution is -0.128. The molecule has 3 heterocycles. The second kappa shape index (κ2) is 7.38. The Morgan fingerprint density at radius 1 is 1.27 bits per heavy atom. The lowest BCUT2D eigenvalue weighted by atomic mass is 9.90. The van der Waals surface area contributed by atoms with E-state index in [9.17, 15) is 14.0 Å². The van der Waals surface area contributed by atoms with E-state index in [4.69, 9.17) is 0 Å². The van der Waals surface area contributed by atoms with Crippen molar-refractivity contribution in [3.63, 3.8) is 0 Å². The van der Waals surface area contributed by atoms with Gasteiger partial charge in [0.15, 0.2) is 0 Å².